The average Bonchev–Trinajstić information content (AvgIpc) is 2.44. The van der Waals surface area contributed by atoms with Crippen LogP contribution >= 0.6 is 15.9 Å². The van der Waals surface area contributed by atoms with E-state index in [0.29, 0.717) is 17.8 Å². The van der Waals surface area contributed by atoms with Gasteiger partial charge in [-0.25, -0.2) is 0 Å². The largest absolute Gasteiger partial charge is 0.492 e. The van der Waals surface area contributed by atoms with Crippen LogP contribution in [0.15, 0.2) is 4.73 Å². The Kier molecular flexibility index (Phi) is 3.32. The van der Waals surface area contributed by atoms with Crippen LogP contribution in [0.4, 0.5) is 5.95 Å². The minimum absolute atomic E-state index is 0.370. The molecule has 0 spiro atoms. The van der Waals surface area contributed by atoms with E-state index in [1.165, 1.54) is 4.68 Å². The Morgan fingerprint density at radius 3 is 2.92 bits per heavy atom. The Morgan fingerprint density at radius 2 is 2.46 bits per heavy atom. The van der Waals surface area contributed by atoms with E-state index in [0.717, 1.165) is 0 Å². The lowest BCUT2D eigenvalue weighted by Crippen LogP contribution is -2.16. The SMILES string of the molecule is CNCCn1nc([N+](=O)[O-])nc1Br. The third-order valence-electron chi connectivity index (χ3n) is 1.35. The molecule has 0 radical (unpaired) electrons. The van der Waals surface area contributed by atoms with Crippen molar-refractivity contribution in [3.05, 3.63) is 14.8 Å². The van der Waals surface area contributed by atoms with Crippen molar-refractivity contribution in [3.63, 3.8) is 0 Å². The minimum Gasteiger partial charge on any atom is -0.390 e. The van der Waals surface area contributed by atoms with Crippen LogP contribution in [-0.4, -0.2) is 33.3 Å². The Labute approximate surface area is 82.4 Å². The summed E-state index contributed by atoms with van der Waals surface area (Å²) in [7, 11) is 1.79. The molecule has 0 unspecified atom stereocenters. The molecule has 72 valence electrons. The van der Waals surface area contributed by atoms with Gasteiger partial charge in [-0.15, -0.1) is 0 Å². The molecule has 13 heavy (non-hydrogen) atoms. The maximum Gasteiger partial charge on any atom is 0.492 e. The van der Waals surface area contributed by atoms with Gasteiger partial charge in [-0.05, 0) is 17.0 Å². The number of rotatable bonds is 4. The van der Waals surface area contributed by atoms with Crippen LogP contribution < -0.4 is 5.32 Å². The fourth-order valence-electron chi connectivity index (χ4n) is 0.749. The lowest BCUT2D eigenvalue weighted by molar-refractivity contribution is -0.394. The summed E-state index contributed by atoms with van der Waals surface area (Å²) in [6, 6.07) is 0. The first-order valence-electron chi connectivity index (χ1n) is 3.54. The van der Waals surface area contributed by atoms with Gasteiger partial charge in [0, 0.05) is 27.6 Å². The highest BCUT2D eigenvalue weighted by Gasteiger charge is 2.18. The Balaban J connectivity index is 2.77. The molecule has 0 aliphatic heterocycles. The van der Waals surface area contributed by atoms with Gasteiger partial charge in [0.25, 0.3) is 4.73 Å². The third kappa shape index (κ3) is 2.46. The smallest absolute Gasteiger partial charge is 0.390 e. The monoisotopic (exact) mass is 249 g/mol. The predicted octanol–water partition coefficient (Wildman–Crippen LogP) is 0.168. The molecule has 0 fully saturated rings. The first-order chi connectivity index (χ1) is 6.15. The molecule has 1 N–H and O–H groups in total. The van der Waals surface area contributed by atoms with Gasteiger partial charge in [0.2, 0.25) is 0 Å². The van der Waals surface area contributed by atoms with Gasteiger partial charge in [0.15, 0.2) is 0 Å². The number of hydrogen-bond donors (Lipinski definition) is 1. The van der Waals surface area contributed by atoms with Gasteiger partial charge in [0.1, 0.15) is 0 Å². The van der Waals surface area contributed by atoms with Crippen molar-refractivity contribution in [1.82, 2.24) is 20.1 Å². The van der Waals surface area contributed by atoms with Crippen molar-refractivity contribution in [2.75, 3.05) is 13.6 Å². The zero-order chi connectivity index (χ0) is 9.84. The summed E-state index contributed by atoms with van der Waals surface area (Å²) in [5.41, 5.74) is 0. The quantitative estimate of drug-likeness (QED) is 0.608. The predicted molar refractivity (Wildman–Crippen MR) is 48.3 cm³/mol. The normalized spacial score (nSPS) is 10.3. The summed E-state index contributed by atoms with van der Waals surface area (Å²) in [4.78, 5) is 13.3. The van der Waals surface area contributed by atoms with E-state index in [-0.39, 0.29) is 5.95 Å². The van der Waals surface area contributed by atoms with Gasteiger partial charge in [-0.2, -0.15) is 4.68 Å². The highest BCUT2D eigenvalue weighted by atomic mass is 79.9. The second kappa shape index (κ2) is 4.28. The number of nitrogens with one attached hydrogen (secondary N) is 1. The van der Waals surface area contributed by atoms with E-state index in [4.69, 9.17) is 0 Å². The second-order valence-electron chi connectivity index (χ2n) is 2.26. The molecule has 0 amide bonds. The van der Waals surface area contributed by atoms with Crippen LogP contribution in [0.5, 0.6) is 0 Å². The van der Waals surface area contributed by atoms with Crippen LogP contribution in [0, 0.1) is 10.1 Å². The van der Waals surface area contributed by atoms with Gasteiger partial charge < -0.3 is 15.4 Å². The lowest BCUT2D eigenvalue weighted by Gasteiger charge is -1.94. The molecule has 0 aromatic carbocycles. The van der Waals surface area contributed by atoms with Crippen molar-refractivity contribution in [2.45, 2.75) is 6.54 Å². The van der Waals surface area contributed by atoms with Gasteiger partial charge in [-0.3, -0.25) is 0 Å². The first kappa shape index (κ1) is 10.1. The van der Waals surface area contributed by atoms with E-state index in [9.17, 15) is 10.1 Å². The van der Waals surface area contributed by atoms with Crippen LogP contribution in [0.3, 0.4) is 0 Å². The molecule has 1 aromatic rings. The molecular weight excluding hydrogens is 242 g/mol. The number of nitro groups is 1. The van der Waals surface area contributed by atoms with Crippen molar-refractivity contribution in [1.29, 1.82) is 0 Å². The van der Waals surface area contributed by atoms with E-state index in [1.807, 2.05) is 0 Å². The summed E-state index contributed by atoms with van der Waals surface area (Å²) in [5.74, 6) is -0.386. The van der Waals surface area contributed by atoms with Crippen molar-refractivity contribution < 1.29 is 4.92 Å². The Hall–Kier alpha value is -1.02. The molecule has 0 saturated heterocycles. The second-order valence-corrected chi connectivity index (χ2v) is 2.97. The maximum atomic E-state index is 10.3. The molecule has 8 heteroatoms. The van der Waals surface area contributed by atoms with Gasteiger partial charge in [0.05, 0.1) is 6.54 Å². The number of hydrogen-bond acceptors (Lipinski definition) is 5. The van der Waals surface area contributed by atoms with Gasteiger partial charge in [-0.1, -0.05) is 0 Å². The summed E-state index contributed by atoms with van der Waals surface area (Å²) in [5, 5.41) is 16.8. The Morgan fingerprint density at radius 1 is 1.77 bits per heavy atom. The summed E-state index contributed by atoms with van der Waals surface area (Å²) >= 11 is 3.07. The molecule has 0 aliphatic rings. The molecule has 1 rings (SSSR count). The van der Waals surface area contributed by atoms with Crippen LogP contribution in [-0.2, 0) is 6.54 Å². The van der Waals surface area contributed by atoms with Gasteiger partial charge >= 0.3 is 5.95 Å². The minimum atomic E-state index is -0.624. The van der Waals surface area contributed by atoms with E-state index in [1.54, 1.807) is 7.05 Å². The van der Waals surface area contributed by atoms with Crippen molar-refractivity contribution in [2.24, 2.45) is 0 Å². The van der Waals surface area contributed by atoms with E-state index >= 15 is 0 Å². The standard InChI is InChI=1S/C5H8BrN5O2/c1-7-2-3-10-4(6)8-5(9-10)11(12)13/h7H,2-3H2,1H3. The molecule has 0 saturated carbocycles. The molecule has 1 aromatic heterocycles. The zero-order valence-corrected chi connectivity index (χ0v) is 8.48. The summed E-state index contributed by atoms with van der Waals surface area (Å²) in [6.07, 6.45) is 0. The average molecular weight is 250 g/mol. The first-order valence-corrected chi connectivity index (χ1v) is 4.33. The highest BCUT2D eigenvalue weighted by Crippen LogP contribution is 2.11. The molecule has 7 nitrogen and oxygen atoms in total. The molecule has 0 bridgehead atoms. The third-order valence-corrected chi connectivity index (χ3v) is 1.94. The lowest BCUT2D eigenvalue weighted by atomic mass is 10.6. The maximum absolute atomic E-state index is 10.3. The van der Waals surface area contributed by atoms with Crippen molar-refractivity contribution >= 4 is 21.9 Å². The molecule has 1 heterocycles. The summed E-state index contributed by atoms with van der Waals surface area (Å²) < 4.78 is 1.80. The van der Waals surface area contributed by atoms with E-state index in [2.05, 4.69) is 31.3 Å². The topological polar surface area (TPSA) is 85.9 Å². The number of aromatic nitrogens is 3. The van der Waals surface area contributed by atoms with Crippen LogP contribution in [0.25, 0.3) is 0 Å². The Bertz CT molecular complexity index is 312. The molecular formula is C5H8BrN5O2. The fourth-order valence-corrected chi connectivity index (χ4v) is 1.16. The van der Waals surface area contributed by atoms with Crippen molar-refractivity contribution in [3.8, 4) is 0 Å². The molecule has 0 aliphatic carbocycles. The van der Waals surface area contributed by atoms with E-state index < -0.39 is 4.92 Å². The number of halogens is 1. The molecule has 0 atom stereocenters. The zero-order valence-electron chi connectivity index (χ0n) is 6.90. The van der Waals surface area contributed by atoms with Crippen LogP contribution in [0.1, 0.15) is 0 Å². The van der Waals surface area contributed by atoms with Crippen LogP contribution in [0.2, 0.25) is 0 Å². The highest BCUT2D eigenvalue weighted by molar-refractivity contribution is 9.10. The fraction of sp³-hybridized carbons (Fsp3) is 0.600. The summed E-state index contributed by atoms with van der Waals surface area (Å²) in [6.45, 7) is 1.22. The number of likely N-dealkylation sites (N-methyl/N-ethyl adjacent to an activating group) is 1. The number of nitrogens with zero attached hydrogens (tertiary/aromatic N) is 4.